The van der Waals surface area contributed by atoms with Crippen molar-refractivity contribution in [2.75, 3.05) is 30.3 Å². The second kappa shape index (κ2) is 17.3. The standard InChI is InChI=1S/C25H33N5O3S5/c26-20(16-34)25(33)38-36-13-11-28-24(32)18-7-9-22(30-15-18)21-8-6-17(14-29-21)23(31)27-10-12-35-37-19-4-2-1-3-5-19/h6-9,14-15,19-20,34H,1-5,10-13,16,26H2,(H,27,31)(H,28,32)/t20-/m0/s1. The van der Waals surface area contributed by atoms with Gasteiger partial charge in [0.05, 0.1) is 28.6 Å². The smallest absolute Gasteiger partial charge is 0.252 e. The van der Waals surface area contributed by atoms with E-state index in [-0.39, 0.29) is 16.9 Å². The minimum Gasteiger partial charge on any atom is -0.351 e. The van der Waals surface area contributed by atoms with E-state index in [2.05, 4.69) is 33.2 Å². The Labute approximate surface area is 245 Å². The third-order valence-electron chi connectivity index (χ3n) is 5.65. The van der Waals surface area contributed by atoms with E-state index in [1.54, 1.807) is 30.5 Å². The molecule has 1 atom stereocenters. The zero-order valence-corrected chi connectivity index (χ0v) is 25.1. The Morgan fingerprint density at radius 2 is 1.45 bits per heavy atom. The zero-order chi connectivity index (χ0) is 27.2. The molecule has 2 aromatic rings. The van der Waals surface area contributed by atoms with Crippen LogP contribution >= 0.6 is 55.8 Å². The van der Waals surface area contributed by atoms with Gasteiger partial charge in [-0.25, -0.2) is 0 Å². The average Bonchev–Trinajstić information content (AvgIpc) is 2.96. The number of rotatable bonds is 14. The first-order chi connectivity index (χ1) is 18.5. The Morgan fingerprint density at radius 3 is 1.95 bits per heavy atom. The van der Waals surface area contributed by atoms with Gasteiger partial charge in [0.15, 0.2) is 0 Å². The highest BCUT2D eigenvalue weighted by Gasteiger charge is 2.15. The van der Waals surface area contributed by atoms with Gasteiger partial charge in [0.1, 0.15) is 0 Å². The topological polar surface area (TPSA) is 127 Å². The minimum atomic E-state index is -0.582. The lowest BCUT2D eigenvalue weighted by Gasteiger charge is -2.20. The number of hydrogen-bond donors (Lipinski definition) is 4. The van der Waals surface area contributed by atoms with E-state index in [1.807, 2.05) is 21.6 Å². The van der Waals surface area contributed by atoms with E-state index in [0.717, 1.165) is 21.8 Å². The predicted octanol–water partition coefficient (Wildman–Crippen LogP) is 4.48. The molecular formula is C25H33N5O3S5. The summed E-state index contributed by atoms with van der Waals surface area (Å²) in [7, 11) is 6.21. The third kappa shape index (κ3) is 10.6. The summed E-state index contributed by atoms with van der Waals surface area (Å²) in [4.78, 5) is 45.1. The number of nitrogens with one attached hydrogen (secondary N) is 2. The molecule has 38 heavy (non-hydrogen) atoms. The van der Waals surface area contributed by atoms with Gasteiger partial charge in [0, 0.05) is 48.0 Å². The summed E-state index contributed by atoms with van der Waals surface area (Å²) in [5, 5.41) is 6.38. The summed E-state index contributed by atoms with van der Waals surface area (Å²) < 4.78 is 0. The maximum atomic E-state index is 12.4. The van der Waals surface area contributed by atoms with Crippen LogP contribution in [0.25, 0.3) is 11.4 Å². The molecule has 1 aliphatic rings. The van der Waals surface area contributed by atoms with Crippen LogP contribution < -0.4 is 16.4 Å². The second-order valence-electron chi connectivity index (χ2n) is 8.57. The van der Waals surface area contributed by atoms with Gasteiger partial charge in [0.25, 0.3) is 11.8 Å². The van der Waals surface area contributed by atoms with E-state index in [1.165, 1.54) is 49.1 Å². The quantitative estimate of drug-likeness (QED) is 0.138. The average molecular weight is 612 g/mol. The maximum absolute atomic E-state index is 12.4. The van der Waals surface area contributed by atoms with Crippen LogP contribution in [0.15, 0.2) is 36.7 Å². The van der Waals surface area contributed by atoms with Crippen molar-refractivity contribution < 1.29 is 14.4 Å². The summed E-state index contributed by atoms with van der Waals surface area (Å²) in [5.74, 6) is 1.36. The predicted molar refractivity (Wildman–Crippen MR) is 166 cm³/mol. The van der Waals surface area contributed by atoms with Crippen LogP contribution in [0.1, 0.15) is 52.8 Å². The van der Waals surface area contributed by atoms with Crippen molar-refractivity contribution in [1.29, 1.82) is 0 Å². The number of nitrogens with two attached hydrogens (primary N) is 1. The van der Waals surface area contributed by atoms with Crippen LogP contribution in [-0.4, -0.2) is 68.5 Å². The molecular weight excluding hydrogens is 579 g/mol. The van der Waals surface area contributed by atoms with Crippen molar-refractivity contribution >= 4 is 72.7 Å². The first kappa shape index (κ1) is 31.2. The Bertz CT molecular complexity index is 1040. The van der Waals surface area contributed by atoms with Gasteiger partial charge in [-0.3, -0.25) is 24.4 Å². The van der Waals surface area contributed by atoms with E-state index < -0.39 is 6.04 Å². The Hall–Kier alpha value is -1.38. The molecule has 8 nitrogen and oxygen atoms in total. The molecule has 206 valence electrons. The van der Waals surface area contributed by atoms with Gasteiger partial charge in [-0.1, -0.05) is 51.6 Å². The highest BCUT2D eigenvalue weighted by molar-refractivity contribution is 8.82. The highest BCUT2D eigenvalue weighted by atomic mass is 33.1. The number of carbonyl (C=O) groups is 3. The fourth-order valence-corrected chi connectivity index (χ4v) is 8.31. The molecule has 2 heterocycles. The number of carbonyl (C=O) groups excluding carboxylic acids is 3. The first-order valence-corrected chi connectivity index (χ1v) is 17.8. The van der Waals surface area contributed by atoms with E-state index >= 15 is 0 Å². The molecule has 0 bridgehead atoms. The molecule has 1 saturated carbocycles. The molecule has 4 N–H and O–H groups in total. The lowest BCUT2D eigenvalue weighted by molar-refractivity contribution is -0.111. The van der Waals surface area contributed by atoms with Crippen LogP contribution in [0.2, 0.25) is 0 Å². The van der Waals surface area contributed by atoms with Gasteiger partial charge >= 0.3 is 0 Å². The van der Waals surface area contributed by atoms with Gasteiger partial charge in [-0.05, 0) is 47.9 Å². The summed E-state index contributed by atoms with van der Waals surface area (Å²) in [6.07, 6.45) is 9.69. The lowest BCUT2D eigenvalue weighted by Crippen LogP contribution is -2.29. The van der Waals surface area contributed by atoms with Crippen LogP contribution in [0, 0.1) is 0 Å². The molecule has 0 saturated heterocycles. The number of thiol groups is 1. The van der Waals surface area contributed by atoms with Gasteiger partial charge < -0.3 is 16.4 Å². The molecule has 2 amide bonds. The third-order valence-corrected chi connectivity index (χ3v) is 11.3. The summed E-state index contributed by atoms with van der Waals surface area (Å²) in [6, 6.07) is 6.30. The van der Waals surface area contributed by atoms with Crippen molar-refractivity contribution in [2.24, 2.45) is 5.73 Å². The number of aromatic nitrogens is 2. The van der Waals surface area contributed by atoms with Gasteiger partial charge in [0.2, 0.25) is 5.12 Å². The fraction of sp³-hybridized carbons (Fsp3) is 0.480. The largest absolute Gasteiger partial charge is 0.351 e. The van der Waals surface area contributed by atoms with Crippen LogP contribution in [0.5, 0.6) is 0 Å². The number of amides is 2. The fourth-order valence-electron chi connectivity index (χ4n) is 3.52. The zero-order valence-electron chi connectivity index (χ0n) is 21.0. The molecule has 1 aliphatic carbocycles. The molecule has 0 spiro atoms. The van der Waals surface area contributed by atoms with Crippen molar-refractivity contribution in [2.45, 2.75) is 43.4 Å². The SMILES string of the molecule is N[C@@H](CS)C(=O)SSCCNC(=O)c1ccc(-c2ccc(C(=O)NCCSSC3CCCCC3)cn2)nc1. The normalized spacial score (nSPS) is 14.6. The molecule has 0 radical (unpaired) electrons. The molecule has 1 fully saturated rings. The van der Waals surface area contributed by atoms with E-state index in [9.17, 15) is 14.4 Å². The molecule has 13 heteroatoms. The van der Waals surface area contributed by atoms with Crippen molar-refractivity contribution in [3.05, 3.63) is 47.8 Å². The molecule has 0 aliphatic heterocycles. The Kier molecular flexibility index (Phi) is 14.2. The highest BCUT2D eigenvalue weighted by Crippen LogP contribution is 2.35. The minimum absolute atomic E-state index is 0.128. The molecule has 3 rings (SSSR count). The molecule has 0 aromatic carbocycles. The maximum Gasteiger partial charge on any atom is 0.252 e. The lowest BCUT2D eigenvalue weighted by atomic mass is 10.0. The monoisotopic (exact) mass is 611 g/mol. The first-order valence-electron chi connectivity index (χ1n) is 12.4. The molecule has 2 aromatic heterocycles. The van der Waals surface area contributed by atoms with Gasteiger partial charge in [-0.15, -0.1) is 0 Å². The Balaban J connectivity index is 1.36. The molecule has 0 unspecified atom stereocenters. The van der Waals surface area contributed by atoms with E-state index in [0.29, 0.717) is 47.1 Å². The second-order valence-corrected chi connectivity index (χ2v) is 14.1. The summed E-state index contributed by atoms with van der Waals surface area (Å²) in [6.45, 7) is 1.03. The van der Waals surface area contributed by atoms with Crippen molar-refractivity contribution in [3.8, 4) is 11.4 Å². The summed E-state index contributed by atoms with van der Waals surface area (Å²) in [5.41, 5.74) is 7.77. The van der Waals surface area contributed by atoms with Crippen LogP contribution in [0.3, 0.4) is 0 Å². The number of hydrogen-bond acceptors (Lipinski definition) is 11. The van der Waals surface area contributed by atoms with Crippen molar-refractivity contribution in [1.82, 2.24) is 20.6 Å². The number of nitrogens with zero attached hydrogens (tertiary/aromatic N) is 2. The van der Waals surface area contributed by atoms with Crippen molar-refractivity contribution in [3.63, 3.8) is 0 Å². The Morgan fingerprint density at radius 1 is 0.895 bits per heavy atom. The van der Waals surface area contributed by atoms with Gasteiger partial charge in [-0.2, -0.15) is 12.6 Å². The van der Waals surface area contributed by atoms with E-state index in [4.69, 9.17) is 5.73 Å². The number of pyridine rings is 2. The summed E-state index contributed by atoms with van der Waals surface area (Å²) >= 11 is 4.01. The van der Waals surface area contributed by atoms with Crippen LogP contribution in [-0.2, 0) is 4.79 Å². The van der Waals surface area contributed by atoms with Crippen LogP contribution in [0.4, 0.5) is 0 Å².